The van der Waals surface area contributed by atoms with Crippen LogP contribution < -0.4 is 11.1 Å². The zero-order chi connectivity index (χ0) is 10.4. The standard InChI is InChI=1S/C11H20N2O/c1-11(2,9-12)5-6-13-8-10-4-3-7-14-10/h3-4,7,13H,5-6,8-9,12H2,1-2H3. The van der Waals surface area contributed by atoms with Gasteiger partial charge >= 0.3 is 0 Å². The third-order valence-corrected chi connectivity index (χ3v) is 2.41. The first-order chi connectivity index (χ1) is 6.64. The first-order valence-corrected chi connectivity index (χ1v) is 5.07. The average molecular weight is 196 g/mol. The number of nitrogens with two attached hydrogens (primary N) is 1. The lowest BCUT2D eigenvalue weighted by atomic mass is 9.90. The molecule has 3 nitrogen and oxygen atoms in total. The summed E-state index contributed by atoms with van der Waals surface area (Å²) in [5, 5.41) is 3.33. The Morgan fingerprint density at radius 2 is 2.29 bits per heavy atom. The van der Waals surface area contributed by atoms with Gasteiger partial charge in [-0.3, -0.25) is 0 Å². The third-order valence-electron chi connectivity index (χ3n) is 2.41. The fraction of sp³-hybridized carbons (Fsp3) is 0.636. The van der Waals surface area contributed by atoms with Gasteiger partial charge in [-0.2, -0.15) is 0 Å². The van der Waals surface area contributed by atoms with Crippen LogP contribution in [0.5, 0.6) is 0 Å². The molecule has 0 aliphatic heterocycles. The maximum atomic E-state index is 5.64. The van der Waals surface area contributed by atoms with Gasteiger partial charge in [-0.1, -0.05) is 13.8 Å². The van der Waals surface area contributed by atoms with Crippen LogP contribution in [-0.2, 0) is 6.54 Å². The van der Waals surface area contributed by atoms with E-state index in [-0.39, 0.29) is 5.41 Å². The minimum absolute atomic E-state index is 0.232. The predicted octanol–water partition coefficient (Wildman–Crippen LogP) is 1.74. The summed E-state index contributed by atoms with van der Waals surface area (Å²) >= 11 is 0. The Labute approximate surface area is 85.7 Å². The molecule has 0 spiro atoms. The van der Waals surface area contributed by atoms with Gasteiger partial charge in [0.2, 0.25) is 0 Å². The lowest BCUT2D eigenvalue weighted by Crippen LogP contribution is -2.28. The summed E-state index contributed by atoms with van der Waals surface area (Å²) in [6, 6.07) is 3.88. The summed E-state index contributed by atoms with van der Waals surface area (Å²) in [5.74, 6) is 0.982. The van der Waals surface area contributed by atoms with Crippen molar-refractivity contribution in [3.8, 4) is 0 Å². The minimum atomic E-state index is 0.232. The highest BCUT2D eigenvalue weighted by atomic mass is 16.3. The lowest BCUT2D eigenvalue weighted by molar-refractivity contribution is 0.335. The summed E-state index contributed by atoms with van der Waals surface area (Å²) in [4.78, 5) is 0. The highest BCUT2D eigenvalue weighted by molar-refractivity contribution is 4.97. The summed E-state index contributed by atoms with van der Waals surface area (Å²) in [6.07, 6.45) is 2.78. The minimum Gasteiger partial charge on any atom is -0.468 e. The molecule has 0 fully saturated rings. The second kappa shape index (κ2) is 5.17. The van der Waals surface area contributed by atoms with Crippen LogP contribution in [0.25, 0.3) is 0 Å². The molecule has 0 atom stereocenters. The fourth-order valence-electron chi connectivity index (χ4n) is 1.15. The van der Waals surface area contributed by atoms with Gasteiger partial charge in [-0.15, -0.1) is 0 Å². The first kappa shape index (κ1) is 11.3. The van der Waals surface area contributed by atoms with Crippen molar-refractivity contribution in [1.82, 2.24) is 5.32 Å². The molecule has 0 saturated carbocycles. The van der Waals surface area contributed by atoms with E-state index in [0.717, 1.165) is 31.8 Å². The van der Waals surface area contributed by atoms with Crippen LogP contribution in [0.1, 0.15) is 26.0 Å². The molecule has 1 heterocycles. The number of hydrogen-bond acceptors (Lipinski definition) is 3. The number of furan rings is 1. The molecule has 3 heteroatoms. The molecule has 1 aromatic heterocycles. The molecule has 0 amide bonds. The largest absolute Gasteiger partial charge is 0.468 e. The molecular weight excluding hydrogens is 176 g/mol. The molecule has 3 N–H and O–H groups in total. The van der Waals surface area contributed by atoms with Crippen molar-refractivity contribution in [3.05, 3.63) is 24.2 Å². The van der Waals surface area contributed by atoms with Crippen LogP contribution in [0.2, 0.25) is 0 Å². The molecule has 80 valence electrons. The Hall–Kier alpha value is -0.800. The molecule has 0 radical (unpaired) electrons. The topological polar surface area (TPSA) is 51.2 Å². The van der Waals surface area contributed by atoms with Crippen LogP contribution in [-0.4, -0.2) is 13.1 Å². The molecule has 0 aliphatic carbocycles. The van der Waals surface area contributed by atoms with Gasteiger partial charge in [0.1, 0.15) is 5.76 Å². The molecule has 0 aliphatic rings. The van der Waals surface area contributed by atoms with E-state index in [4.69, 9.17) is 10.2 Å². The van der Waals surface area contributed by atoms with E-state index in [9.17, 15) is 0 Å². The van der Waals surface area contributed by atoms with Gasteiger partial charge in [-0.25, -0.2) is 0 Å². The summed E-state index contributed by atoms with van der Waals surface area (Å²) in [6.45, 7) is 6.87. The van der Waals surface area contributed by atoms with Gasteiger partial charge in [0.05, 0.1) is 12.8 Å². The summed E-state index contributed by atoms with van der Waals surface area (Å²) in [5.41, 5.74) is 5.87. The quantitative estimate of drug-likeness (QED) is 0.681. The summed E-state index contributed by atoms with van der Waals surface area (Å²) < 4.78 is 5.20. The SMILES string of the molecule is CC(C)(CN)CCNCc1ccco1. The zero-order valence-corrected chi connectivity index (χ0v) is 9.05. The maximum Gasteiger partial charge on any atom is 0.117 e. The van der Waals surface area contributed by atoms with Gasteiger partial charge in [0.25, 0.3) is 0 Å². The monoisotopic (exact) mass is 196 g/mol. The molecule has 0 unspecified atom stereocenters. The molecule has 0 aromatic carbocycles. The Kier molecular flexibility index (Phi) is 4.17. The van der Waals surface area contributed by atoms with E-state index in [0.29, 0.717) is 0 Å². The summed E-state index contributed by atoms with van der Waals surface area (Å²) in [7, 11) is 0. The Balaban J connectivity index is 2.11. The van der Waals surface area contributed by atoms with Crippen molar-refractivity contribution in [2.24, 2.45) is 11.1 Å². The molecule has 0 saturated heterocycles. The van der Waals surface area contributed by atoms with E-state index in [1.165, 1.54) is 0 Å². The van der Waals surface area contributed by atoms with E-state index in [1.54, 1.807) is 6.26 Å². The zero-order valence-electron chi connectivity index (χ0n) is 9.05. The molecular formula is C11H20N2O. The van der Waals surface area contributed by atoms with Gasteiger partial charge in [-0.05, 0) is 37.1 Å². The van der Waals surface area contributed by atoms with Gasteiger partial charge < -0.3 is 15.5 Å². The van der Waals surface area contributed by atoms with Crippen molar-refractivity contribution in [2.45, 2.75) is 26.8 Å². The van der Waals surface area contributed by atoms with Crippen molar-refractivity contribution in [2.75, 3.05) is 13.1 Å². The van der Waals surface area contributed by atoms with Crippen LogP contribution in [0.3, 0.4) is 0 Å². The van der Waals surface area contributed by atoms with Crippen LogP contribution in [0.15, 0.2) is 22.8 Å². The lowest BCUT2D eigenvalue weighted by Gasteiger charge is -2.21. The van der Waals surface area contributed by atoms with Crippen molar-refractivity contribution < 1.29 is 4.42 Å². The van der Waals surface area contributed by atoms with E-state index in [2.05, 4.69) is 19.2 Å². The van der Waals surface area contributed by atoms with Crippen LogP contribution >= 0.6 is 0 Å². The highest BCUT2D eigenvalue weighted by Gasteiger charge is 2.14. The van der Waals surface area contributed by atoms with Crippen molar-refractivity contribution in [3.63, 3.8) is 0 Å². The maximum absolute atomic E-state index is 5.64. The Bertz CT molecular complexity index is 242. The van der Waals surface area contributed by atoms with Crippen molar-refractivity contribution >= 4 is 0 Å². The molecule has 1 rings (SSSR count). The second-order valence-electron chi connectivity index (χ2n) is 4.37. The number of hydrogen-bond donors (Lipinski definition) is 2. The Morgan fingerprint density at radius 1 is 1.50 bits per heavy atom. The normalized spacial score (nSPS) is 11.9. The molecule has 14 heavy (non-hydrogen) atoms. The van der Waals surface area contributed by atoms with Gasteiger partial charge in [0.15, 0.2) is 0 Å². The van der Waals surface area contributed by atoms with Crippen LogP contribution in [0.4, 0.5) is 0 Å². The molecule has 1 aromatic rings. The molecule has 0 bridgehead atoms. The van der Waals surface area contributed by atoms with E-state index < -0.39 is 0 Å². The van der Waals surface area contributed by atoms with E-state index in [1.807, 2.05) is 12.1 Å². The number of nitrogens with one attached hydrogen (secondary N) is 1. The second-order valence-corrected chi connectivity index (χ2v) is 4.37. The van der Waals surface area contributed by atoms with Gasteiger partial charge in [0, 0.05) is 0 Å². The third kappa shape index (κ3) is 3.94. The number of rotatable bonds is 6. The smallest absolute Gasteiger partial charge is 0.117 e. The highest BCUT2D eigenvalue weighted by Crippen LogP contribution is 2.16. The fourth-order valence-corrected chi connectivity index (χ4v) is 1.15. The average Bonchev–Trinajstić information content (AvgIpc) is 2.65. The van der Waals surface area contributed by atoms with Crippen molar-refractivity contribution in [1.29, 1.82) is 0 Å². The van der Waals surface area contributed by atoms with Crippen LogP contribution in [0, 0.1) is 5.41 Å². The predicted molar refractivity (Wildman–Crippen MR) is 57.9 cm³/mol. The van der Waals surface area contributed by atoms with E-state index >= 15 is 0 Å². The first-order valence-electron chi connectivity index (χ1n) is 5.07. The Morgan fingerprint density at radius 3 is 2.86 bits per heavy atom.